The molecule has 0 unspecified atom stereocenters. The Kier molecular flexibility index (Phi) is 3.72. The molecule has 1 aromatic heterocycles. The van der Waals surface area contributed by atoms with Crippen LogP contribution < -0.4 is 11.1 Å². The molecular formula is C12H19N3O2. The van der Waals surface area contributed by atoms with E-state index in [2.05, 4.69) is 10.3 Å². The molecule has 1 heterocycles. The third kappa shape index (κ3) is 3.42. The van der Waals surface area contributed by atoms with Gasteiger partial charge in [-0.2, -0.15) is 0 Å². The standard InChI is InChI=1S/C12H19N3O2/c1-7-5-6-8(16)10(14-7)15-11(17)9(13)12(2,3)4/h5-6,9,16H,13H2,1-4H3,(H,14,15,17)/t9-/m0/s1. The van der Waals surface area contributed by atoms with E-state index in [1.54, 1.807) is 13.0 Å². The monoisotopic (exact) mass is 237 g/mol. The van der Waals surface area contributed by atoms with Gasteiger partial charge in [0.2, 0.25) is 5.91 Å². The number of rotatable bonds is 2. The number of anilines is 1. The molecule has 4 N–H and O–H groups in total. The average Bonchev–Trinajstić information content (AvgIpc) is 2.21. The third-order valence-electron chi connectivity index (χ3n) is 2.47. The molecule has 5 nitrogen and oxygen atoms in total. The van der Waals surface area contributed by atoms with Crippen LogP contribution in [0.25, 0.3) is 0 Å². The Balaban J connectivity index is 2.85. The molecule has 0 fully saturated rings. The lowest BCUT2D eigenvalue weighted by Crippen LogP contribution is -2.45. The fraction of sp³-hybridized carbons (Fsp3) is 0.500. The number of nitrogens with zero attached hydrogens (tertiary/aromatic N) is 1. The fourth-order valence-corrected chi connectivity index (χ4v) is 1.23. The molecule has 1 amide bonds. The lowest BCUT2D eigenvalue weighted by molar-refractivity contribution is -0.119. The molecule has 1 rings (SSSR count). The Morgan fingerprint density at radius 3 is 2.59 bits per heavy atom. The zero-order chi connectivity index (χ0) is 13.2. The summed E-state index contributed by atoms with van der Waals surface area (Å²) >= 11 is 0. The number of amides is 1. The topological polar surface area (TPSA) is 88.2 Å². The van der Waals surface area contributed by atoms with Crippen LogP contribution in [0.2, 0.25) is 0 Å². The van der Waals surface area contributed by atoms with Gasteiger partial charge in [0.05, 0.1) is 6.04 Å². The Morgan fingerprint density at radius 1 is 1.47 bits per heavy atom. The van der Waals surface area contributed by atoms with Gasteiger partial charge in [0.25, 0.3) is 0 Å². The molecule has 0 saturated heterocycles. The van der Waals surface area contributed by atoms with Gasteiger partial charge < -0.3 is 16.2 Å². The highest BCUT2D eigenvalue weighted by Gasteiger charge is 2.28. The van der Waals surface area contributed by atoms with E-state index < -0.39 is 6.04 Å². The Hall–Kier alpha value is -1.62. The van der Waals surface area contributed by atoms with E-state index in [1.807, 2.05) is 20.8 Å². The lowest BCUT2D eigenvalue weighted by Gasteiger charge is -2.25. The van der Waals surface area contributed by atoms with Gasteiger partial charge in [0.15, 0.2) is 11.6 Å². The summed E-state index contributed by atoms with van der Waals surface area (Å²) in [6.07, 6.45) is 0. The molecule has 17 heavy (non-hydrogen) atoms. The van der Waals surface area contributed by atoms with Crippen molar-refractivity contribution in [3.8, 4) is 5.75 Å². The number of carbonyl (C=O) groups is 1. The molecule has 0 spiro atoms. The summed E-state index contributed by atoms with van der Waals surface area (Å²) in [6.45, 7) is 7.40. The van der Waals surface area contributed by atoms with E-state index in [0.29, 0.717) is 5.69 Å². The van der Waals surface area contributed by atoms with Gasteiger partial charge in [-0.1, -0.05) is 20.8 Å². The van der Waals surface area contributed by atoms with Crippen LogP contribution in [-0.2, 0) is 4.79 Å². The molecule has 0 aliphatic rings. The van der Waals surface area contributed by atoms with Crippen LogP contribution in [0.3, 0.4) is 0 Å². The number of pyridine rings is 1. The Labute approximate surface area is 101 Å². The van der Waals surface area contributed by atoms with Crippen molar-refractivity contribution in [1.82, 2.24) is 4.98 Å². The number of aryl methyl sites for hydroxylation is 1. The molecule has 0 radical (unpaired) electrons. The smallest absolute Gasteiger partial charge is 0.243 e. The first-order valence-corrected chi connectivity index (χ1v) is 5.45. The number of carbonyl (C=O) groups excluding carboxylic acids is 1. The fourth-order valence-electron chi connectivity index (χ4n) is 1.23. The Bertz CT molecular complexity index is 424. The minimum Gasteiger partial charge on any atom is -0.504 e. The van der Waals surface area contributed by atoms with Gasteiger partial charge in [0.1, 0.15) is 0 Å². The summed E-state index contributed by atoms with van der Waals surface area (Å²) in [5.41, 5.74) is 6.18. The molecule has 0 aliphatic heterocycles. The van der Waals surface area contributed by atoms with Crippen molar-refractivity contribution in [2.45, 2.75) is 33.7 Å². The predicted octanol–water partition coefficient (Wildman–Crippen LogP) is 1.41. The van der Waals surface area contributed by atoms with Crippen LogP contribution in [0.4, 0.5) is 5.82 Å². The molecule has 1 atom stereocenters. The van der Waals surface area contributed by atoms with Crippen LogP contribution in [-0.4, -0.2) is 22.0 Å². The lowest BCUT2D eigenvalue weighted by atomic mass is 9.87. The van der Waals surface area contributed by atoms with Crippen LogP contribution in [0, 0.1) is 12.3 Å². The Morgan fingerprint density at radius 2 is 2.06 bits per heavy atom. The average molecular weight is 237 g/mol. The second-order valence-corrected chi connectivity index (χ2v) is 5.15. The molecular weight excluding hydrogens is 218 g/mol. The number of aromatic hydroxyl groups is 1. The molecule has 5 heteroatoms. The largest absolute Gasteiger partial charge is 0.504 e. The number of aromatic nitrogens is 1. The quantitative estimate of drug-likeness (QED) is 0.725. The van der Waals surface area contributed by atoms with Crippen LogP contribution >= 0.6 is 0 Å². The van der Waals surface area contributed by atoms with E-state index in [4.69, 9.17) is 5.73 Å². The summed E-state index contributed by atoms with van der Waals surface area (Å²) < 4.78 is 0. The van der Waals surface area contributed by atoms with Crippen molar-refractivity contribution in [3.63, 3.8) is 0 Å². The predicted molar refractivity (Wildman–Crippen MR) is 66.7 cm³/mol. The van der Waals surface area contributed by atoms with Crippen molar-refractivity contribution in [2.75, 3.05) is 5.32 Å². The molecule has 0 aromatic carbocycles. The minimum atomic E-state index is -0.663. The van der Waals surface area contributed by atoms with Crippen molar-refractivity contribution in [2.24, 2.45) is 11.1 Å². The van der Waals surface area contributed by atoms with E-state index in [0.717, 1.165) is 0 Å². The molecule has 0 saturated carbocycles. The van der Waals surface area contributed by atoms with Crippen LogP contribution in [0.15, 0.2) is 12.1 Å². The first-order valence-electron chi connectivity index (χ1n) is 5.45. The molecule has 94 valence electrons. The second kappa shape index (κ2) is 4.71. The first-order chi connectivity index (χ1) is 7.71. The van der Waals surface area contributed by atoms with Gasteiger partial charge in [-0.3, -0.25) is 4.79 Å². The normalized spacial score (nSPS) is 13.2. The van der Waals surface area contributed by atoms with Crippen molar-refractivity contribution >= 4 is 11.7 Å². The van der Waals surface area contributed by atoms with E-state index in [1.165, 1.54) is 6.07 Å². The van der Waals surface area contributed by atoms with E-state index >= 15 is 0 Å². The summed E-state index contributed by atoms with van der Waals surface area (Å²) in [4.78, 5) is 15.9. The number of nitrogens with one attached hydrogen (secondary N) is 1. The van der Waals surface area contributed by atoms with Crippen LogP contribution in [0.5, 0.6) is 5.75 Å². The third-order valence-corrected chi connectivity index (χ3v) is 2.47. The second-order valence-electron chi connectivity index (χ2n) is 5.15. The number of nitrogens with two attached hydrogens (primary N) is 1. The highest BCUT2D eigenvalue weighted by atomic mass is 16.3. The minimum absolute atomic E-state index is 0.0648. The van der Waals surface area contributed by atoms with Crippen LogP contribution in [0.1, 0.15) is 26.5 Å². The maximum atomic E-state index is 11.8. The highest BCUT2D eigenvalue weighted by molar-refractivity contribution is 5.95. The summed E-state index contributed by atoms with van der Waals surface area (Å²) in [7, 11) is 0. The van der Waals surface area contributed by atoms with Crippen molar-refractivity contribution < 1.29 is 9.90 Å². The van der Waals surface area contributed by atoms with Gasteiger partial charge in [-0.25, -0.2) is 4.98 Å². The molecule has 1 aromatic rings. The van der Waals surface area contributed by atoms with Gasteiger partial charge >= 0.3 is 0 Å². The summed E-state index contributed by atoms with van der Waals surface area (Å²) in [5, 5.41) is 12.1. The number of hydrogen-bond donors (Lipinski definition) is 3. The number of hydrogen-bond acceptors (Lipinski definition) is 4. The van der Waals surface area contributed by atoms with Gasteiger partial charge in [-0.15, -0.1) is 0 Å². The van der Waals surface area contributed by atoms with E-state index in [-0.39, 0.29) is 22.9 Å². The zero-order valence-corrected chi connectivity index (χ0v) is 10.6. The maximum Gasteiger partial charge on any atom is 0.243 e. The summed E-state index contributed by atoms with van der Waals surface area (Å²) in [5.74, 6) is -0.273. The maximum absolute atomic E-state index is 11.8. The zero-order valence-electron chi connectivity index (χ0n) is 10.6. The van der Waals surface area contributed by atoms with Crippen molar-refractivity contribution in [3.05, 3.63) is 17.8 Å². The van der Waals surface area contributed by atoms with Gasteiger partial charge in [-0.05, 0) is 24.5 Å². The first kappa shape index (κ1) is 13.4. The van der Waals surface area contributed by atoms with Gasteiger partial charge in [0, 0.05) is 5.69 Å². The molecule has 0 aliphatic carbocycles. The SMILES string of the molecule is Cc1ccc(O)c(NC(=O)[C@H](N)C(C)(C)C)n1. The molecule has 0 bridgehead atoms. The van der Waals surface area contributed by atoms with E-state index in [9.17, 15) is 9.90 Å². The summed E-state index contributed by atoms with van der Waals surface area (Å²) in [6, 6.07) is 2.49. The highest BCUT2D eigenvalue weighted by Crippen LogP contribution is 2.23. The van der Waals surface area contributed by atoms with Crippen molar-refractivity contribution in [1.29, 1.82) is 0 Å².